The summed E-state index contributed by atoms with van der Waals surface area (Å²) in [5.74, 6) is 0.905. The molecule has 0 aromatic carbocycles. The number of hydrogen-bond donors (Lipinski definition) is 0. The Morgan fingerprint density at radius 1 is 1.43 bits per heavy atom. The Labute approximate surface area is 91.2 Å². The lowest BCUT2D eigenvalue weighted by molar-refractivity contribution is 0.353. The summed E-state index contributed by atoms with van der Waals surface area (Å²) in [6, 6.07) is 0.753. The third-order valence-electron chi connectivity index (χ3n) is 3.51. The molecule has 0 bridgehead atoms. The standard InChI is InChI=1S/C11H20N2S/c1-8-5-4-6-9-10(7-8)14-11(12-2)13(9)3/h8-10H,4-7H2,1-3H3/b12-11+. The number of rotatable bonds is 0. The second kappa shape index (κ2) is 4.13. The van der Waals surface area contributed by atoms with Crippen LogP contribution in [0, 0.1) is 5.92 Å². The van der Waals surface area contributed by atoms with Crippen molar-refractivity contribution in [3.63, 3.8) is 0 Å². The van der Waals surface area contributed by atoms with Crippen LogP contribution in [0.5, 0.6) is 0 Å². The van der Waals surface area contributed by atoms with Gasteiger partial charge >= 0.3 is 0 Å². The topological polar surface area (TPSA) is 15.6 Å². The molecule has 0 spiro atoms. The second-order valence-electron chi connectivity index (χ2n) is 4.61. The summed E-state index contributed by atoms with van der Waals surface area (Å²) >= 11 is 2.00. The Bertz CT molecular complexity index is 239. The SMILES string of the molecule is C/N=C1/SC2CC(C)CCCC2N1C. The molecule has 0 aromatic heterocycles. The highest BCUT2D eigenvalue weighted by Gasteiger charge is 2.38. The third-order valence-corrected chi connectivity index (χ3v) is 5.00. The normalized spacial score (nSPS) is 41.2. The van der Waals surface area contributed by atoms with Gasteiger partial charge in [0, 0.05) is 25.4 Å². The first-order valence-corrected chi connectivity index (χ1v) is 6.46. The van der Waals surface area contributed by atoms with Crippen LogP contribution < -0.4 is 0 Å². The van der Waals surface area contributed by atoms with Crippen LogP contribution in [0.1, 0.15) is 32.6 Å². The zero-order valence-corrected chi connectivity index (χ0v) is 10.2. The molecule has 3 atom stereocenters. The van der Waals surface area contributed by atoms with E-state index in [1.807, 2.05) is 18.8 Å². The van der Waals surface area contributed by atoms with Crippen LogP contribution in [0.25, 0.3) is 0 Å². The number of nitrogens with zero attached hydrogens (tertiary/aromatic N) is 2. The predicted molar refractivity (Wildman–Crippen MR) is 63.9 cm³/mol. The molecule has 1 saturated carbocycles. The minimum atomic E-state index is 0.753. The van der Waals surface area contributed by atoms with Crippen molar-refractivity contribution < 1.29 is 0 Å². The minimum Gasteiger partial charge on any atom is -0.350 e. The van der Waals surface area contributed by atoms with E-state index in [-0.39, 0.29) is 0 Å². The molecular formula is C11H20N2S. The lowest BCUT2D eigenvalue weighted by atomic mass is 10.0. The van der Waals surface area contributed by atoms with Crippen LogP contribution in [0.3, 0.4) is 0 Å². The zero-order valence-electron chi connectivity index (χ0n) is 9.36. The number of thioether (sulfide) groups is 1. The third kappa shape index (κ3) is 1.79. The number of amidine groups is 1. The Morgan fingerprint density at radius 2 is 2.21 bits per heavy atom. The molecule has 14 heavy (non-hydrogen) atoms. The monoisotopic (exact) mass is 212 g/mol. The summed E-state index contributed by atoms with van der Waals surface area (Å²) in [5.41, 5.74) is 0. The number of fused-ring (bicyclic) bond motifs is 1. The van der Waals surface area contributed by atoms with Crippen molar-refractivity contribution >= 4 is 16.9 Å². The Morgan fingerprint density at radius 3 is 2.93 bits per heavy atom. The summed E-state index contributed by atoms with van der Waals surface area (Å²) in [7, 11) is 4.11. The molecule has 3 unspecified atom stereocenters. The molecule has 1 saturated heterocycles. The summed E-state index contributed by atoms with van der Waals surface area (Å²) in [4.78, 5) is 6.75. The van der Waals surface area contributed by atoms with E-state index in [1.54, 1.807) is 0 Å². The van der Waals surface area contributed by atoms with Gasteiger partial charge in [0.15, 0.2) is 5.17 Å². The molecule has 2 nitrogen and oxygen atoms in total. The molecule has 3 heteroatoms. The molecule has 0 N–H and O–H groups in total. The first-order valence-electron chi connectivity index (χ1n) is 5.58. The Hall–Kier alpha value is -0.180. The lowest BCUT2D eigenvalue weighted by Gasteiger charge is -2.22. The van der Waals surface area contributed by atoms with Crippen LogP contribution in [-0.2, 0) is 0 Å². The van der Waals surface area contributed by atoms with Gasteiger partial charge in [-0.05, 0) is 18.8 Å². The van der Waals surface area contributed by atoms with Crippen molar-refractivity contribution in [3.8, 4) is 0 Å². The van der Waals surface area contributed by atoms with Gasteiger partial charge in [0.05, 0.1) is 0 Å². The summed E-state index contributed by atoms with van der Waals surface area (Å²) in [6.45, 7) is 2.39. The Balaban J connectivity index is 2.12. The molecule has 0 amide bonds. The van der Waals surface area contributed by atoms with Crippen LogP contribution in [0.2, 0.25) is 0 Å². The van der Waals surface area contributed by atoms with Gasteiger partial charge < -0.3 is 4.90 Å². The van der Waals surface area contributed by atoms with Crippen molar-refractivity contribution in [2.75, 3.05) is 14.1 Å². The molecule has 2 rings (SSSR count). The van der Waals surface area contributed by atoms with E-state index in [4.69, 9.17) is 0 Å². The van der Waals surface area contributed by atoms with Crippen LogP contribution >= 0.6 is 11.8 Å². The van der Waals surface area contributed by atoms with Crippen LogP contribution in [0.4, 0.5) is 0 Å². The van der Waals surface area contributed by atoms with Gasteiger partial charge in [0.25, 0.3) is 0 Å². The molecular weight excluding hydrogens is 192 g/mol. The highest BCUT2D eigenvalue weighted by atomic mass is 32.2. The van der Waals surface area contributed by atoms with Crippen molar-refractivity contribution in [1.29, 1.82) is 0 Å². The maximum Gasteiger partial charge on any atom is 0.159 e. The van der Waals surface area contributed by atoms with Gasteiger partial charge in [-0.3, -0.25) is 4.99 Å². The molecule has 2 aliphatic rings. The first kappa shape index (κ1) is 10.3. The van der Waals surface area contributed by atoms with Gasteiger partial charge in [-0.2, -0.15) is 0 Å². The van der Waals surface area contributed by atoms with Crippen molar-refractivity contribution in [2.45, 2.75) is 43.9 Å². The number of hydrogen-bond acceptors (Lipinski definition) is 2. The van der Waals surface area contributed by atoms with Crippen molar-refractivity contribution in [1.82, 2.24) is 4.90 Å². The zero-order chi connectivity index (χ0) is 10.1. The van der Waals surface area contributed by atoms with Gasteiger partial charge in [-0.1, -0.05) is 31.5 Å². The summed E-state index contributed by atoms with van der Waals surface area (Å²) in [6.07, 6.45) is 5.54. The van der Waals surface area contributed by atoms with E-state index < -0.39 is 0 Å². The maximum absolute atomic E-state index is 4.35. The highest BCUT2D eigenvalue weighted by molar-refractivity contribution is 8.14. The molecule has 1 heterocycles. The molecule has 0 radical (unpaired) electrons. The molecule has 1 aliphatic heterocycles. The quantitative estimate of drug-likeness (QED) is 0.613. The van der Waals surface area contributed by atoms with Gasteiger partial charge in [0.2, 0.25) is 0 Å². The average Bonchev–Trinajstić information content (AvgIpc) is 2.34. The lowest BCUT2D eigenvalue weighted by Crippen LogP contribution is -2.33. The van der Waals surface area contributed by atoms with Crippen molar-refractivity contribution in [2.24, 2.45) is 10.9 Å². The average molecular weight is 212 g/mol. The molecule has 80 valence electrons. The molecule has 0 aromatic rings. The summed E-state index contributed by atoms with van der Waals surface area (Å²) in [5, 5.41) is 2.05. The second-order valence-corrected chi connectivity index (χ2v) is 5.82. The molecule has 2 fully saturated rings. The van der Waals surface area contributed by atoms with Gasteiger partial charge in [-0.15, -0.1) is 0 Å². The predicted octanol–water partition coefficient (Wildman–Crippen LogP) is 2.60. The van der Waals surface area contributed by atoms with E-state index in [0.717, 1.165) is 17.2 Å². The fourth-order valence-electron chi connectivity index (χ4n) is 2.67. The highest BCUT2D eigenvalue weighted by Crippen LogP contribution is 2.40. The van der Waals surface area contributed by atoms with E-state index in [1.165, 1.54) is 30.9 Å². The fraction of sp³-hybridized carbons (Fsp3) is 0.909. The first-order chi connectivity index (χ1) is 6.72. The van der Waals surface area contributed by atoms with Crippen LogP contribution in [0.15, 0.2) is 4.99 Å². The van der Waals surface area contributed by atoms with Crippen LogP contribution in [-0.4, -0.2) is 35.5 Å². The largest absolute Gasteiger partial charge is 0.350 e. The van der Waals surface area contributed by atoms with Gasteiger partial charge in [-0.25, -0.2) is 0 Å². The molecule has 1 aliphatic carbocycles. The smallest absolute Gasteiger partial charge is 0.159 e. The summed E-state index contributed by atoms with van der Waals surface area (Å²) < 4.78 is 0. The minimum absolute atomic E-state index is 0.753. The van der Waals surface area contributed by atoms with E-state index >= 15 is 0 Å². The fourth-order valence-corrected chi connectivity index (χ4v) is 4.25. The van der Waals surface area contributed by atoms with E-state index in [0.29, 0.717) is 0 Å². The van der Waals surface area contributed by atoms with Gasteiger partial charge in [0.1, 0.15) is 0 Å². The van der Waals surface area contributed by atoms with E-state index in [2.05, 4.69) is 23.9 Å². The van der Waals surface area contributed by atoms with E-state index in [9.17, 15) is 0 Å². The maximum atomic E-state index is 4.35. The van der Waals surface area contributed by atoms with Crippen molar-refractivity contribution in [3.05, 3.63) is 0 Å². The Kier molecular flexibility index (Phi) is 3.05. The number of aliphatic imine (C=N–C) groups is 1.